The highest BCUT2D eigenvalue weighted by Crippen LogP contribution is 2.40. The maximum atomic E-state index is 9.21. The van der Waals surface area contributed by atoms with Crippen LogP contribution >= 0.6 is 0 Å². The number of nitrogens with one attached hydrogen (secondary N) is 1. The van der Waals surface area contributed by atoms with E-state index in [0.717, 1.165) is 36.4 Å². The lowest BCUT2D eigenvalue weighted by molar-refractivity contribution is 0.233. The maximum Gasteiger partial charge on any atom is 0.122 e. The molecule has 3 nitrogen and oxygen atoms in total. The number of rotatable bonds is 4. The lowest BCUT2D eigenvalue weighted by Gasteiger charge is -2.35. The number of benzene rings is 1. The molecule has 0 bridgehead atoms. The molecule has 1 aromatic rings. The van der Waals surface area contributed by atoms with Crippen LogP contribution in [0.1, 0.15) is 30.4 Å². The van der Waals surface area contributed by atoms with Crippen LogP contribution in [0.2, 0.25) is 0 Å². The Hall–Kier alpha value is -1.69. The van der Waals surface area contributed by atoms with Gasteiger partial charge in [-0.15, -0.1) is 0 Å². The van der Waals surface area contributed by atoms with Crippen molar-refractivity contribution in [3.05, 3.63) is 23.3 Å². The summed E-state index contributed by atoms with van der Waals surface area (Å²) < 4.78 is 5.30. The van der Waals surface area contributed by atoms with Crippen molar-refractivity contribution in [2.45, 2.75) is 33.1 Å². The van der Waals surface area contributed by atoms with Crippen LogP contribution in [0.15, 0.2) is 12.1 Å². The first kappa shape index (κ1) is 12.8. The predicted molar refractivity (Wildman–Crippen MR) is 72.9 cm³/mol. The van der Waals surface area contributed by atoms with Gasteiger partial charge in [0.15, 0.2) is 0 Å². The highest BCUT2D eigenvalue weighted by Gasteiger charge is 2.36. The highest BCUT2D eigenvalue weighted by molar-refractivity contribution is 5.58. The van der Waals surface area contributed by atoms with Crippen molar-refractivity contribution in [2.75, 3.05) is 19.0 Å². The van der Waals surface area contributed by atoms with Gasteiger partial charge in [-0.1, -0.05) is 6.42 Å². The lowest BCUT2D eigenvalue weighted by Crippen LogP contribution is -2.35. The van der Waals surface area contributed by atoms with E-state index < -0.39 is 0 Å². The number of hydrogen-bond acceptors (Lipinski definition) is 3. The number of nitriles is 1. The topological polar surface area (TPSA) is 45.0 Å². The highest BCUT2D eigenvalue weighted by atomic mass is 16.5. The van der Waals surface area contributed by atoms with E-state index in [1.54, 1.807) is 7.11 Å². The van der Waals surface area contributed by atoms with Gasteiger partial charge in [0, 0.05) is 12.2 Å². The van der Waals surface area contributed by atoms with E-state index in [-0.39, 0.29) is 5.41 Å². The Labute approximate surface area is 109 Å². The molecule has 18 heavy (non-hydrogen) atoms. The van der Waals surface area contributed by atoms with Gasteiger partial charge in [-0.2, -0.15) is 5.26 Å². The zero-order chi connectivity index (χ0) is 13.2. The molecular weight excluding hydrogens is 224 g/mol. The molecule has 96 valence electrons. The van der Waals surface area contributed by atoms with Crippen LogP contribution in [0.3, 0.4) is 0 Å². The minimum Gasteiger partial charge on any atom is -0.496 e. The molecule has 0 radical (unpaired) electrons. The van der Waals surface area contributed by atoms with Gasteiger partial charge in [0.1, 0.15) is 5.75 Å². The van der Waals surface area contributed by atoms with Gasteiger partial charge in [-0.05, 0) is 49.9 Å². The normalized spacial score (nSPS) is 16.6. The Morgan fingerprint density at radius 2 is 2.06 bits per heavy atom. The van der Waals surface area contributed by atoms with Crippen LogP contribution in [0, 0.1) is 30.6 Å². The van der Waals surface area contributed by atoms with Crippen molar-refractivity contribution in [1.29, 1.82) is 5.26 Å². The summed E-state index contributed by atoms with van der Waals surface area (Å²) in [6, 6.07) is 6.46. The van der Waals surface area contributed by atoms with Gasteiger partial charge >= 0.3 is 0 Å². The van der Waals surface area contributed by atoms with E-state index in [1.165, 1.54) is 12.0 Å². The van der Waals surface area contributed by atoms with Gasteiger partial charge in [0.05, 0.1) is 18.6 Å². The van der Waals surface area contributed by atoms with E-state index in [9.17, 15) is 5.26 Å². The van der Waals surface area contributed by atoms with Crippen molar-refractivity contribution >= 4 is 5.69 Å². The summed E-state index contributed by atoms with van der Waals surface area (Å²) in [7, 11) is 1.69. The number of hydrogen-bond donors (Lipinski definition) is 1. The van der Waals surface area contributed by atoms with E-state index >= 15 is 0 Å². The first-order valence-corrected chi connectivity index (χ1v) is 6.41. The minimum absolute atomic E-state index is 0.139. The SMILES string of the molecule is COc1ccc(NCC2(C#N)CCC2)c(C)c1C. The standard InChI is InChI=1S/C15H20N2O/c1-11-12(2)14(18-3)6-5-13(11)17-10-15(9-16)7-4-8-15/h5-6,17H,4,7-8,10H2,1-3H3. The molecule has 1 N–H and O–H groups in total. The molecule has 2 rings (SSSR count). The average Bonchev–Trinajstić information content (AvgIpc) is 2.33. The Bertz CT molecular complexity index is 484. The summed E-state index contributed by atoms with van der Waals surface area (Å²) in [5.41, 5.74) is 3.32. The van der Waals surface area contributed by atoms with Crippen molar-refractivity contribution in [3.8, 4) is 11.8 Å². The monoisotopic (exact) mass is 244 g/mol. The average molecular weight is 244 g/mol. The zero-order valence-electron chi connectivity index (χ0n) is 11.3. The fourth-order valence-electron chi connectivity index (χ4n) is 2.40. The van der Waals surface area contributed by atoms with E-state index in [4.69, 9.17) is 4.74 Å². The Morgan fingerprint density at radius 3 is 2.56 bits per heavy atom. The van der Waals surface area contributed by atoms with Crippen molar-refractivity contribution in [1.82, 2.24) is 0 Å². The Morgan fingerprint density at radius 1 is 1.33 bits per heavy atom. The van der Waals surface area contributed by atoms with Crippen LogP contribution in [0.4, 0.5) is 5.69 Å². The van der Waals surface area contributed by atoms with Crippen LogP contribution < -0.4 is 10.1 Å². The third-order valence-corrected chi connectivity index (χ3v) is 4.12. The van der Waals surface area contributed by atoms with E-state index in [0.29, 0.717) is 0 Å². The van der Waals surface area contributed by atoms with Gasteiger partial charge in [0.2, 0.25) is 0 Å². The molecule has 0 amide bonds. The third-order valence-electron chi connectivity index (χ3n) is 4.12. The molecule has 1 fully saturated rings. The lowest BCUT2D eigenvalue weighted by atomic mass is 9.70. The summed E-state index contributed by atoms with van der Waals surface area (Å²) in [6.07, 6.45) is 3.21. The first-order valence-electron chi connectivity index (χ1n) is 6.41. The maximum absolute atomic E-state index is 9.21. The fourth-order valence-corrected chi connectivity index (χ4v) is 2.40. The number of nitrogens with zero attached hydrogens (tertiary/aromatic N) is 1. The van der Waals surface area contributed by atoms with Gasteiger partial charge < -0.3 is 10.1 Å². The molecule has 1 aliphatic rings. The van der Waals surface area contributed by atoms with Crippen LogP contribution in [-0.4, -0.2) is 13.7 Å². The van der Waals surface area contributed by atoms with Gasteiger partial charge in [0.25, 0.3) is 0 Å². The number of anilines is 1. The molecule has 0 atom stereocenters. The molecule has 0 aromatic heterocycles. The van der Waals surface area contributed by atoms with E-state index in [2.05, 4.69) is 25.2 Å². The second-order valence-corrected chi connectivity index (χ2v) is 5.16. The molecule has 1 saturated carbocycles. The third kappa shape index (κ3) is 2.15. The summed E-state index contributed by atoms with van der Waals surface area (Å²) in [6.45, 7) is 4.89. The second-order valence-electron chi connectivity index (χ2n) is 5.16. The Balaban J connectivity index is 2.11. The molecule has 0 heterocycles. The van der Waals surface area contributed by atoms with E-state index in [1.807, 2.05) is 12.1 Å². The number of methoxy groups -OCH3 is 1. The van der Waals surface area contributed by atoms with Crippen LogP contribution in [0.25, 0.3) is 0 Å². The second kappa shape index (κ2) is 4.89. The molecule has 0 unspecified atom stereocenters. The smallest absolute Gasteiger partial charge is 0.122 e. The quantitative estimate of drug-likeness (QED) is 0.882. The minimum atomic E-state index is -0.139. The molecule has 0 aliphatic heterocycles. The van der Waals surface area contributed by atoms with Crippen LogP contribution in [0.5, 0.6) is 5.75 Å². The van der Waals surface area contributed by atoms with Crippen molar-refractivity contribution in [3.63, 3.8) is 0 Å². The molecule has 0 saturated heterocycles. The molecule has 0 spiro atoms. The van der Waals surface area contributed by atoms with Gasteiger partial charge in [-0.3, -0.25) is 0 Å². The molecule has 1 aliphatic carbocycles. The zero-order valence-corrected chi connectivity index (χ0v) is 11.3. The first-order chi connectivity index (χ1) is 8.62. The predicted octanol–water partition coefficient (Wildman–Crippen LogP) is 3.42. The van der Waals surface area contributed by atoms with Gasteiger partial charge in [-0.25, -0.2) is 0 Å². The molecule has 3 heteroatoms. The summed E-state index contributed by atoms with van der Waals surface area (Å²) in [5, 5.41) is 12.6. The fraction of sp³-hybridized carbons (Fsp3) is 0.533. The van der Waals surface area contributed by atoms with Crippen LogP contribution in [-0.2, 0) is 0 Å². The van der Waals surface area contributed by atoms with Crippen molar-refractivity contribution < 1.29 is 4.74 Å². The van der Waals surface area contributed by atoms with Crippen molar-refractivity contribution in [2.24, 2.45) is 5.41 Å². The summed E-state index contributed by atoms with van der Waals surface area (Å²) >= 11 is 0. The summed E-state index contributed by atoms with van der Waals surface area (Å²) in [4.78, 5) is 0. The Kier molecular flexibility index (Phi) is 3.47. The molecular formula is C15H20N2O. The number of ether oxygens (including phenoxy) is 1. The molecule has 1 aromatic carbocycles. The largest absolute Gasteiger partial charge is 0.496 e. The summed E-state index contributed by atoms with van der Waals surface area (Å²) in [5.74, 6) is 0.914.